The molecule has 0 aliphatic carbocycles. The minimum absolute atomic E-state index is 0.173. The van der Waals surface area contributed by atoms with E-state index in [9.17, 15) is 4.79 Å². The van der Waals surface area contributed by atoms with Crippen molar-refractivity contribution in [3.63, 3.8) is 0 Å². The molecule has 22 heavy (non-hydrogen) atoms. The third-order valence-corrected chi connectivity index (χ3v) is 5.29. The zero-order valence-corrected chi connectivity index (χ0v) is 13.4. The van der Waals surface area contributed by atoms with Crippen LogP contribution < -0.4 is 4.80 Å². The average molecular weight is 328 g/mol. The second-order valence-electron chi connectivity index (χ2n) is 4.92. The van der Waals surface area contributed by atoms with Crippen LogP contribution in [0.25, 0.3) is 15.2 Å². The lowest BCUT2D eigenvalue weighted by Gasteiger charge is -1.94. The summed E-state index contributed by atoms with van der Waals surface area (Å²) in [6.07, 6.45) is 4.04. The molecular formula is C15H12N4OS2. The van der Waals surface area contributed by atoms with Crippen molar-refractivity contribution in [1.29, 1.82) is 0 Å². The van der Waals surface area contributed by atoms with E-state index in [1.54, 1.807) is 11.3 Å². The Morgan fingerprint density at radius 1 is 1.36 bits per heavy atom. The Kier molecular flexibility index (Phi) is 3.16. The highest BCUT2D eigenvalue weighted by Gasteiger charge is 2.09. The number of rotatable bonds is 2. The zero-order chi connectivity index (χ0) is 15.1. The molecule has 1 aromatic carbocycles. The molecule has 5 nitrogen and oxygen atoms in total. The number of fused-ring (bicyclic) bond motifs is 2. The van der Waals surface area contributed by atoms with E-state index in [1.807, 2.05) is 58.1 Å². The van der Waals surface area contributed by atoms with Crippen LogP contribution in [0.1, 0.15) is 5.69 Å². The summed E-state index contributed by atoms with van der Waals surface area (Å²) in [5.41, 5.74) is 1.84. The topological polar surface area (TPSA) is 51.7 Å². The van der Waals surface area contributed by atoms with Crippen LogP contribution in [-0.2, 0) is 18.3 Å². The Morgan fingerprint density at radius 2 is 2.23 bits per heavy atom. The van der Waals surface area contributed by atoms with Crippen molar-refractivity contribution in [3.05, 3.63) is 52.5 Å². The van der Waals surface area contributed by atoms with Crippen LogP contribution >= 0.6 is 22.7 Å². The minimum Gasteiger partial charge on any atom is -0.319 e. The molecule has 4 aromatic rings. The summed E-state index contributed by atoms with van der Waals surface area (Å²) < 4.78 is 5.00. The maximum Gasteiger partial charge on any atom is 0.254 e. The van der Waals surface area contributed by atoms with Crippen LogP contribution in [0.15, 0.2) is 47.0 Å². The molecule has 0 aliphatic heterocycles. The first-order valence-corrected chi connectivity index (χ1v) is 8.43. The standard InChI is InChI=1S/C15H12N4OS2/c1-18-11-4-2-3-5-12(11)22-14(18)17-13(20)8-10-9-19-6-7-21-15(19)16-10/h2-7,9H,8H2,1H3. The minimum atomic E-state index is -0.173. The lowest BCUT2D eigenvalue weighted by Crippen LogP contribution is -2.14. The molecule has 0 saturated heterocycles. The third-order valence-electron chi connectivity index (χ3n) is 3.41. The van der Waals surface area contributed by atoms with Gasteiger partial charge in [0.15, 0.2) is 9.76 Å². The van der Waals surface area contributed by atoms with E-state index in [0.29, 0.717) is 4.80 Å². The maximum absolute atomic E-state index is 12.2. The molecule has 0 atom stereocenters. The van der Waals surface area contributed by atoms with Gasteiger partial charge in [0, 0.05) is 24.8 Å². The molecule has 0 aliphatic rings. The Bertz CT molecular complexity index is 1020. The number of para-hydroxylation sites is 1. The molecule has 3 heterocycles. The Morgan fingerprint density at radius 3 is 3.05 bits per heavy atom. The largest absolute Gasteiger partial charge is 0.319 e. The first-order chi connectivity index (χ1) is 10.7. The van der Waals surface area contributed by atoms with Gasteiger partial charge in [-0.15, -0.1) is 11.3 Å². The second-order valence-corrected chi connectivity index (χ2v) is 6.80. The van der Waals surface area contributed by atoms with Gasteiger partial charge < -0.3 is 4.57 Å². The van der Waals surface area contributed by atoms with E-state index in [1.165, 1.54) is 11.3 Å². The van der Waals surface area contributed by atoms with Gasteiger partial charge in [-0.25, -0.2) is 4.98 Å². The normalized spacial score (nSPS) is 12.5. The highest BCUT2D eigenvalue weighted by Crippen LogP contribution is 2.15. The number of imidazole rings is 1. The van der Waals surface area contributed by atoms with Gasteiger partial charge in [-0.05, 0) is 12.1 Å². The van der Waals surface area contributed by atoms with Gasteiger partial charge in [-0.3, -0.25) is 9.20 Å². The van der Waals surface area contributed by atoms with Gasteiger partial charge in [0.05, 0.1) is 22.3 Å². The Balaban J connectivity index is 1.67. The lowest BCUT2D eigenvalue weighted by atomic mass is 10.3. The van der Waals surface area contributed by atoms with Crippen LogP contribution in [0.5, 0.6) is 0 Å². The smallest absolute Gasteiger partial charge is 0.254 e. The summed E-state index contributed by atoms with van der Waals surface area (Å²) in [5, 5.41) is 1.97. The molecule has 0 N–H and O–H groups in total. The molecule has 0 bridgehead atoms. The number of carbonyl (C=O) groups excluding carboxylic acids is 1. The summed E-state index contributed by atoms with van der Waals surface area (Å²) in [6.45, 7) is 0. The first kappa shape index (κ1) is 13.4. The molecule has 0 radical (unpaired) electrons. The number of aromatic nitrogens is 3. The van der Waals surface area contributed by atoms with Gasteiger partial charge in [0.2, 0.25) is 0 Å². The van der Waals surface area contributed by atoms with E-state index in [2.05, 4.69) is 9.98 Å². The number of hydrogen-bond acceptors (Lipinski definition) is 4. The molecule has 0 saturated carbocycles. The maximum atomic E-state index is 12.2. The van der Waals surface area contributed by atoms with Crippen molar-refractivity contribution in [3.8, 4) is 0 Å². The van der Waals surface area contributed by atoms with Gasteiger partial charge in [0.1, 0.15) is 0 Å². The molecule has 3 aromatic heterocycles. The summed E-state index contributed by atoms with van der Waals surface area (Å²) in [4.78, 5) is 22.5. The van der Waals surface area contributed by atoms with Crippen molar-refractivity contribution < 1.29 is 4.79 Å². The van der Waals surface area contributed by atoms with Crippen LogP contribution in [0, 0.1) is 0 Å². The number of carbonyl (C=O) groups is 1. The third kappa shape index (κ3) is 2.28. The SMILES string of the molecule is Cn1c(=NC(=O)Cc2cn3ccsc3n2)sc2ccccc21. The van der Waals surface area contributed by atoms with E-state index < -0.39 is 0 Å². The molecule has 7 heteroatoms. The Labute approximate surface area is 133 Å². The van der Waals surface area contributed by atoms with E-state index in [-0.39, 0.29) is 12.3 Å². The van der Waals surface area contributed by atoms with E-state index in [4.69, 9.17) is 0 Å². The van der Waals surface area contributed by atoms with Crippen LogP contribution in [0.3, 0.4) is 0 Å². The van der Waals surface area contributed by atoms with Crippen LogP contribution in [0.4, 0.5) is 0 Å². The average Bonchev–Trinajstić information content (AvgIpc) is 3.14. The number of aryl methyl sites for hydroxylation is 1. The second kappa shape index (κ2) is 5.19. The molecule has 0 fully saturated rings. The van der Waals surface area contributed by atoms with Gasteiger partial charge in [-0.2, -0.15) is 4.99 Å². The summed E-state index contributed by atoms with van der Waals surface area (Å²) in [5.74, 6) is -0.173. The Hall–Kier alpha value is -2.25. The summed E-state index contributed by atoms with van der Waals surface area (Å²) in [6, 6.07) is 8.03. The van der Waals surface area contributed by atoms with E-state index in [0.717, 1.165) is 20.9 Å². The van der Waals surface area contributed by atoms with Crippen molar-refractivity contribution in [2.45, 2.75) is 6.42 Å². The first-order valence-electron chi connectivity index (χ1n) is 6.74. The highest BCUT2D eigenvalue weighted by atomic mass is 32.1. The molecular weight excluding hydrogens is 316 g/mol. The number of benzene rings is 1. The fourth-order valence-corrected chi connectivity index (χ4v) is 4.11. The summed E-state index contributed by atoms with van der Waals surface area (Å²) in [7, 11) is 1.93. The fraction of sp³-hybridized carbons (Fsp3) is 0.133. The number of thiazole rings is 2. The van der Waals surface area contributed by atoms with Crippen molar-refractivity contribution in [2.75, 3.05) is 0 Å². The van der Waals surface area contributed by atoms with Gasteiger partial charge in [0.25, 0.3) is 5.91 Å². The quantitative estimate of drug-likeness (QED) is 0.568. The molecule has 4 rings (SSSR count). The number of amides is 1. The van der Waals surface area contributed by atoms with Crippen LogP contribution in [-0.4, -0.2) is 19.9 Å². The fourth-order valence-electron chi connectivity index (χ4n) is 2.35. The molecule has 1 amide bonds. The molecule has 0 unspecified atom stereocenters. The molecule has 0 spiro atoms. The van der Waals surface area contributed by atoms with Crippen molar-refractivity contribution in [2.24, 2.45) is 12.0 Å². The number of nitrogens with zero attached hydrogens (tertiary/aromatic N) is 4. The predicted molar refractivity (Wildman–Crippen MR) is 88.1 cm³/mol. The highest BCUT2D eigenvalue weighted by molar-refractivity contribution is 7.16. The lowest BCUT2D eigenvalue weighted by molar-refractivity contribution is -0.117. The van der Waals surface area contributed by atoms with Crippen molar-refractivity contribution in [1.82, 2.24) is 14.0 Å². The van der Waals surface area contributed by atoms with E-state index >= 15 is 0 Å². The summed E-state index contributed by atoms with van der Waals surface area (Å²) >= 11 is 3.07. The number of hydrogen-bond donors (Lipinski definition) is 0. The predicted octanol–water partition coefficient (Wildman–Crippen LogP) is 2.62. The van der Waals surface area contributed by atoms with Gasteiger partial charge >= 0.3 is 0 Å². The monoisotopic (exact) mass is 328 g/mol. The van der Waals surface area contributed by atoms with Crippen molar-refractivity contribution >= 4 is 43.8 Å². The van der Waals surface area contributed by atoms with Crippen LogP contribution in [0.2, 0.25) is 0 Å². The van der Waals surface area contributed by atoms with Gasteiger partial charge in [-0.1, -0.05) is 23.5 Å². The molecule has 110 valence electrons. The zero-order valence-electron chi connectivity index (χ0n) is 11.8.